The van der Waals surface area contributed by atoms with Crippen molar-refractivity contribution < 1.29 is 9.53 Å². The van der Waals surface area contributed by atoms with Crippen molar-refractivity contribution in [1.29, 1.82) is 0 Å². The summed E-state index contributed by atoms with van der Waals surface area (Å²) >= 11 is 11.3. The van der Waals surface area contributed by atoms with Gasteiger partial charge in [0.25, 0.3) is 0 Å². The molecule has 3 aromatic rings. The van der Waals surface area contributed by atoms with Crippen LogP contribution in [-0.4, -0.2) is 26.4 Å². The lowest BCUT2D eigenvalue weighted by molar-refractivity contribution is -0.113. The summed E-state index contributed by atoms with van der Waals surface area (Å²) in [7, 11) is 0. The molecule has 37 heavy (non-hydrogen) atoms. The number of ether oxygens (including phenoxy) is 1. The van der Waals surface area contributed by atoms with Gasteiger partial charge in [0, 0.05) is 21.2 Å². The zero-order valence-corrected chi connectivity index (χ0v) is 25.0. The standard InChI is InChI=1S/C28H34BrClN4O2S/c1-17(2)21-14-22(29)18(3)13-25(21)36-15-26-32-33-28(34(26)20-9-6-5-7-10-20)37-16-27(35)31-24-12-8-11-23(30)19(24)4/h8,11-14,17,20H,5-7,9-10,15-16H2,1-4H3,(H,31,35). The fourth-order valence-electron chi connectivity index (χ4n) is 4.66. The highest BCUT2D eigenvalue weighted by atomic mass is 79.9. The summed E-state index contributed by atoms with van der Waals surface area (Å²) in [5, 5.41) is 13.4. The molecule has 0 aliphatic heterocycles. The average Bonchev–Trinajstić information content (AvgIpc) is 3.29. The van der Waals surface area contributed by atoms with Crippen molar-refractivity contribution in [2.45, 2.75) is 83.5 Å². The fourth-order valence-corrected chi connectivity index (χ4v) is 6.02. The molecule has 6 nitrogen and oxygen atoms in total. The average molecular weight is 606 g/mol. The van der Waals surface area contributed by atoms with Crippen LogP contribution in [0.5, 0.6) is 5.75 Å². The molecule has 0 unspecified atom stereocenters. The van der Waals surface area contributed by atoms with Gasteiger partial charge in [-0.15, -0.1) is 10.2 Å². The van der Waals surface area contributed by atoms with E-state index in [1.54, 1.807) is 0 Å². The molecule has 0 radical (unpaired) electrons. The first-order chi connectivity index (χ1) is 17.7. The molecule has 1 aliphatic rings. The van der Waals surface area contributed by atoms with Crippen LogP contribution in [0.2, 0.25) is 5.02 Å². The van der Waals surface area contributed by atoms with Gasteiger partial charge in [0.2, 0.25) is 5.91 Å². The van der Waals surface area contributed by atoms with Crippen molar-refractivity contribution in [3.63, 3.8) is 0 Å². The number of nitrogens with zero attached hydrogens (tertiary/aromatic N) is 3. The number of carbonyl (C=O) groups excluding carboxylic acids is 1. The summed E-state index contributed by atoms with van der Waals surface area (Å²) in [6.07, 6.45) is 5.79. The van der Waals surface area contributed by atoms with Crippen molar-refractivity contribution >= 4 is 50.9 Å². The maximum Gasteiger partial charge on any atom is 0.234 e. The third-order valence-corrected chi connectivity index (χ3v) is 9.03. The van der Waals surface area contributed by atoms with Gasteiger partial charge in [0.1, 0.15) is 12.4 Å². The van der Waals surface area contributed by atoms with Gasteiger partial charge in [0.15, 0.2) is 11.0 Å². The lowest BCUT2D eigenvalue weighted by Crippen LogP contribution is -2.19. The summed E-state index contributed by atoms with van der Waals surface area (Å²) < 4.78 is 9.64. The number of hydrogen-bond donors (Lipinski definition) is 1. The normalized spacial score (nSPS) is 14.2. The molecule has 4 rings (SSSR count). The Labute approximate surface area is 237 Å². The van der Waals surface area contributed by atoms with Crippen molar-refractivity contribution in [3.8, 4) is 5.75 Å². The number of halogens is 2. The molecular weight excluding hydrogens is 572 g/mol. The Bertz CT molecular complexity index is 1260. The summed E-state index contributed by atoms with van der Waals surface area (Å²) in [6.45, 7) is 8.63. The Balaban J connectivity index is 1.51. The van der Waals surface area contributed by atoms with Crippen LogP contribution in [-0.2, 0) is 11.4 Å². The highest BCUT2D eigenvalue weighted by Gasteiger charge is 2.24. The van der Waals surface area contributed by atoms with Crippen LogP contribution in [0.25, 0.3) is 0 Å². The van der Waals surface area contributed by atoms with Gasteiger partial charge < -0.3 is 10.1 Å². The molecule has 1 N–H and O–H groups in total. The predicted octanol–water partition coefficient (Wildman–Crippen LogP) is 8.25. The second-order valence-electron chi connectivity index (χ2n) is 9.89. The van der Waals surface area contributed by atoms with E-state index in [0.717, 1.165) is 56.4 Å². The lowest BCUT2D eigenvalue weighted by atomic mass is 9.95. The highest BCUT2D eigenvalue weighted by molar-refractivity contribution is 9.10. The van der Waals surface area contributed by atoms with Gasteiger partial charge in [0.05, 0.1) is 5.75 Å². The maximum absolute atomic E-state index is 12.8. The smallest absolute Gasteiger partial charge is 0.234 e. The summed E-state index contributed by atoms with van der Waals surface area (Å²) in [5.74, 6) is 2.14. The molecular formula is C28H34BrClN4O2S. The quantitative estimate of drug-likeness (QED) is 0.249. The van der Waals surface area contributed by atoms with Gasteiger partial charge in [-0.3, -0.25) is 9.36 Å². The zero-order valence-electron chi connectivity index (χ0n) is 21.8. The SMILES string of the molecule is Cc1cc(OCc2nnc(SCC(=O)Nc3cccc(Cl)c3C)n2C2CCCCC2)c(C(C)C)cc1Br. The van der Waals surface area contributed by atoms with E-state index in [2.05, 4.69) is 68.9 Å². The molecule has 0 saturated heterocycles. The Hall–Kier alpha value is -2.03. The molecule has 0 atom stereocenters. The van der Waals surface area contributed by atoms with Crippen LogP contribution in [0.3, 0.4) is 0 Å². The second kappa shape index (κ2) is 12.7. The number of aryl methyl sites for hydroxylation is 1. The molecule has 1 aliphatic carbocycles. The van der Waals surface area contributed by atoms with E-state index in [0.29, 0.717) is 23.6 Å². The van der Waals surface area contributed by atoms with Crippen LogP contribution in [0.1, 0.15) is 80.4 Å². The molecule has 1 fully saturated rings. The Kier molecular flexibility index (Phi) is 9.59. The van der Waals surface area contributed by atoms with Crippen LogP contribution in [0.15, 0.2) is 40.0 Å². The lowest BCUT2D eigenvalue weighted by Gasteiger charge is -2.25. The third-order valence-electron chi connectivity index (χ3n) is 6.82. The Morgan fingerprint density at radius 3 is 2.70 bits per heavy atom. The van der Waals surface area contributed by atoms with Gasteiger partial charge in [-0.2, -0.15) is 0 Å². The molecule has 0 bridgehead atoms. The number of benzene rings is 2. The third kappa shape index (κ3) is 6.89. The van der Waals surface area contributed by atoms with E-state index in [-0.39, 0.29) is 11.7 Å². The monoisotopic (exact) mass is 604 g/mol. The minimum absolute atomic E-state index is 0.0988. The van der Waals surface area contributed by atoms with E-state index in [4.69, 9.17) is 16.3 Å². The number of nitrogens with one attached hydrogen (secondary N) is 1. The van der Waals surface area contributed by atoms with Crippen molar-refractivity contribution in [3.05, 3.63) is 62.3 Å². The molecule has 1 aromatic heterocycles. The molecule has 1 amide bonds. The minimum atomic E-state index is -0.0988. The van der Waals surface area contributed by atoms with E-state index in [9.17, 15) is 4.79 Å². The van der Waals surface area contributed by atoms with Crippen LogP contribution >= 0.6 is 39.3 Å². The van der Waals surface area contributed by atoms with Crippen LogP contribution in [0.4, 0.5) is 5.69 Å². The summed E-state index contributed by atoms with van der Waals surface area (Å²) in [5.41, 5.74) is 3.87. The fraction of sp³-hybridized carbons (Fsp3) is 0.464. The molecule has 1 saturated carbocycles. The van der Waals surface area contributed by atoms with E-state index >= 15 is 0 Å². The number of hydrogen-bond acceptors (Lipinski definition) is 5. The van der Waals surface area contributed by atoms with E-state index < -0.39 is 0 Å². The zero-order chi connectivity index (χ0) is 26.5. The Morgan fingerprint density at radius 2 is 1.97 bits per heavy atom. The first kappa shape index (κ1) is 28.0. The van der Waals surface area contributed by atoms with Gasteiger partial charge >= 0.3 is 0 Å². The number of thioether (sulfide) groups is 1. The number of carbonyl (C=O) groups is 1. The second-order valence-corrected chi connectivity index (χ2v) is 12.1. The topological polar surface area (TPSA) is 69.0 Å². The molecule has 0 spiro atoms. The number of rotatable bonds is 9. The number of aromatic nitrogens is 3. The van der Waals surface area contributed by atoms with E-state index in [1.807, 2.05) is 25.1 Å². The predicted molar refractivity (Wildman–Crippen MR) is 155 cm³/mol. The van der Waals surface area contributed by atoms with Crippen molar-refractivity contribution in [1.82, 2.24) is 14.8 Å². The summed E-state index contributed by atoms with van der Waals surface area (Å²) in [4.78, 5) is 12.8. The largest absolute Gasteiger partial charge is 0.485 e. The molecule has 2 aromatic carbocycles. The first-order valence-corrected chi connectivity index (χ1v) is 14.9. The first-order valence-electron chi connectivity index (χ1n) is 12.8. The number of anilines is 1. The highest BCUT2D eigenvalue weighted by Crippen LogP contribution is 2.35. The van der Waals surface area contributed by atoms with Gasteiger partial charge in [-0.05, 0) is 73.6 Å². The maximum atomic E-state index is 12.8. The van der Waals surface area contributed by atoms with Gasteiger partial charge in [-0.25, -0.2) is 0 Å². The number of amides is 1. The molecule has 9 heteroatoms. The molecule has 1 heterocycles. The Morgan fingerprint density at radius 1 is 1.22 bits per heavy atom. The van der Waals surface area contributed by atoms with E-state index in [1.165, 1.54) is 31.0 Å². The van der Waals surface area contributed by atoms with Crippen molar-refractivity contribution in [2.75, 3.05) is 11.1 Å². The van der Waals surface area contributed by atoms with Crippen LogP contribution < -0.4 is 10.1 Å². The summed E-state index contributed by atoms with van der Waals surface area (Å²) in [6, 6.07) is 10.1. The minimum Gasteiger partial charge on any atom is -0.485 e. The molecule has 198 valence electrons. The van der Waals surface area contributed by atoms with Crippen molar-refractivity contribution in [2.24, 2.45) is 0 Å². The van der Waals surface area contributed by atoms with Gasteiger partial charge in [-0.1, -0.05) is 78.5 Å². The van der Waals surface area contributed by atoms with Crippen LogP contribution in [0, 0.1) is 13.8 Å².